The summed E-state index contributed by atoms with van der Waals surface area (Å²) < 4.78 is 0.363. The van der Waals surface area contributed by atoms with Gasteiger partial charge in [-0.05, 0) is 40.4 Å². The van der Waals surface area contributed by atoms with E-state index in [0.29, 0.717) is 22.5 Å². The quantitative estimate of drug-likeness (QED) is 0.640. The van der Waals surface area contributed by atoms with E-state index in [1.54, 1.807) is 6.07 Å². The molecule has 0 bridgehead atoms. The molecule has 1 aromatic carbocycles. The molecule has 19 heavy (non-hydrogen) atoms. The van der Waals surface area contributed by atoms with Crippen molar-refractivity contribution in [3.05, 3.63) is 32.8 Å². The minimum Gasteiger partial charge on any atom is -0.324 e. The van der Waals surface area contributed by atoms with Crippen LogP contribution in [0.5, 0.6) is 0 Å². The number of anilines is 1. The summed E-state index contributed by atoms with van der Waals surface area (Å²) in [6.07, 6.45) is 0.560. The van der Waals surface area contributed by atoms with Crippen LogP contribution in [0.25, 0.3) is 0 Å². The number of benzene rings is 1. The first-order valence-corrected chi connectivity index (χ1v) is 6.61. The SMILES string of the molecule is CC(C)C[C@H](N)C(=O)Nc1ccc(Br)c([N+](=O)[O-])c1. The summed E-state index contributed by atoms with van der Waals surface area (Å²) >= 11 is 3.08. The number of carbonyl (C=O) groups is 1. The molecule has 0 aliphatic heterocycles. The van der Waals surface area contributed by atoms with Gasteiger partial charge in [0.05, 0.1) is 15.4 Å². The molecule has 7 heteroatoms. The van der Waals surface area contributed by atoms with Gasteiger partial charge in [0.15, 0.2) is 0 Å². The van der Waals surface area contributed by atoms with Crippen LogP contribution in [-0.4, -0.2) is 16.9 Å². The van der Waals surface area contributed by atoms with Gasteiger partial charge in [-0.2, -0.15) is 0 Å². The maximum Gasteiger partial charge on any atom is 0.285 e. The van der Waals surface area contributed by atoms with Crippen molar-refractivity contribution >= 4 is 33.2 Å². The van der Waals surface area contributed by atoms with E-state index in [1.165, 1.54) is 12.1 Å². The zero-order chi connectivity index (χ0) is 14.6. The van der Waals surface area contributed by atoms with Crippen LogP contribution in [0, 0.1) is 16.0 Å². The number of rotatable bonds is 5. The summed E-state index contributed by atoms with van der Waals surface area (Å²) in [7, 11) is 0. The number of hydrogen-bond acceptors (Lipinski definition) is 4. The first-order chi connectivity index (χ1) is 8.81. The smallest absolute Gasteiger partial charge is 0.285 e. The van der Waals surface area contributed by atoms with Gasteiger partial charge in [-0.3, -0.25) is 14.9 Å². The Balaban J connectivity index is 2.80. The number of hydrogen-bond donors (Lipinski definition) is 2. The summed E-state index contributed by atoms with van der Waals surface area (Å²) in [6.45, 7) is 3.94. The minimum absolute atomic E-state index is 0.102. The Hall–Kier alpha value is -1.47. The Bertz CT molecular complexity index is 491. The highest BCUT2D eigenvalue weighted by Crippen LogP contribution is 2.27. The lowest BCUT2D eigenvalue weighted by atomic mass is 10.0. The van der Waals surface area contributed by atoms with Crippen LogP contribution in [0.3, 0.4) is 0 Å². The average molecular weight is 330 g/mol. The van der Waals surface area contributed by atoms with Crippen molar-refractivity contribution in [1.82, 2.24) is 0 Å². The zero-order valence-corrected chi connectivity index (χ0v) is 12.3. The monoisotopic (exact) mass is 329 g/mol. The second-order valence-corrected chi connectivity index (χ2v) is 5.50. The van der Waals surface area contributed by atoms with Gasteiger partial charge in [-0.1, -0.05) is 13.8 Å². The zero-order valence-electron chi connectivity index (χ0n) is 10.7. The Kier molecular flexibility index (Phi) is 5.44. The van der Waals surface area contributed by atoms with Crippen molar-refractivity contribution in [2.45, 2.75) is 26.3 Å². The molecule has 0 unspecified atom stereocenters. The van der Waals surface area contributed by atoms with Crippen molar-refractivity contribution in [1.29, 1.82) is 0 Å². The van der Waals surface area contributed by atoms with Crippen molar-refractivity contribution < 1.29 is 9.72 Å². The van der Waals surface area contributed by atoms with Gasteiger partial charge in [-0.25, -0.2) is 0 Å². The highest BCUT2D eigenvalue weighted by molar-refractivity contribution is 9.10. The number of nitro groups is 1. The maximum atomic E-state index is 11.8. The Morgan fingerprint density at radius 3 is 2.68 bits per heavy atom. The fourth-order valence-corrected chi connectivity index (χ4v) is 1.97. The van der Waals surface area contributed by atoms with Crippen LogP contribution in [-0.2, 0) is 4.79 Å². The van der Waals surface area contributed by atoms with Crippen molar-refractivity contribution in [2.75, 3.05) is 5.32 Å². The van der Waals surface area contributed by atoms with Gasteiger partial charge in [-0.15, -0.1) is 0 Å². The highest BCUT2D eigenvalue weighted by Gasteiger charge is 2.17. The molecular formula is C12H16BrN3O3. The molecule has 0 aromatic heterocycles. The van der Waals surface area contributed by atoms with E-state index >= 15 is 0 Å². The average Bonchev–Trinajstić information content (AvgIpc) is 2.30. The lowest BCUT2D eigenvalue weighted by molar-refractivity contribution is -0.385. The van der Waals surface area contributed by atoms with E-state index in [0.717, 1.165) is 0 Å². The van der Waals surface area contributed by atoms with Gasteiger partial charge in [0.1, 0.15) is 0 Å². The van der Waals surface area contributed by atoms with E-state index in [4.69, 9.17) is 5.73 Å². The molecule has 0 saturated carbocycles. The minimum atomic E-state index is -0.622. The molecule has 6 nitrogen and oxygen atoms in total. The normalized spacial score (nSPS) is 12.3. The second kappa shape index (κ2) is 6.63. The summed E-state index contributed by atoms with van der Waals surface area (Å²) in [5.41, 5.74) is 6.00. The fourth-order valence-electron chi connectivity index (χ4n) is 1.58. The molecule has 104 valence electrons. The lowest BCUT2D eigenvalue weighted by Gasteiger charge is -2.14. The fraction of sp³-hybridized carbons (Fsp3) is 0.417. The molecule has 1 atom stereocenters. The molecule has 0 radical (unpaired) electrons. The second-order valence-electron chi connectivity index (χ2n) is 4.65. The van der Waals surface area contributed by atoms with Crippen molar-refractivity contribution in [2.24, 2.45) is 11.7 Å². The number of carbonyl (C=O) groups excluding carboxylic acids is 1. The number of nitrogens with zero attached hydrogens (tertiary/aromatic N) is 1. The molecule has 0 aliphatic carbocycles. The van der Waals surface area contributed by atoms with Crippen LogP contribution >= 0.6 is 15.9 Å². The summed E-state index contributed by atoms with van der Waals surface area (Å²) in [6, 6.07) is 3.77. The molecule has 1 amide bonds. The van der Waals surface area contributed by atoms with Crippen LogP contribution < -0.4 is 11.1 Å². The predicted octanol–water partition coefficient (Wildman–Crippen LogP) is 2.67. The van der Waals surface area contributed by atoms with E-state index in [2.05, 4.69) is 21.2 Å². The molecular weight excluding hydrogens is 314 g/mol. The van der Waals surface area contributed by atoms with Gasteiger partial charge in [0, 0.05) is 11.8 Å². The van der Waals surface area contributed by atoms with E-state index in [1.807, 2.05) is 13.8 Å². The van der Waals surface area contributed by atoms with Gasteiger partial charge < -0.3 is 11.1 Å². The third-order valence-electron chi connectivity index (χ3n) is 2.47. The number of halogens is 1. The van der Waals surface area contributed by atoms with Gasteiger partial charge in [0.2, 0.25) is 5.91 Å². The highest BCUT2D eigenvalue weighted by atomic mass is 79.9. The summed E-state index contributed by atoms with van der Waals surface area (Å²) in [5, 5.41) is 13.4. The number of amides is 1. The lowest BCUT2D eigenvalue weighted by Crippen LogP contribution is -2.36. The van der Waals surface area contributed by atoms with Crippen molar-refractivity contribution in [3.63, 3.8) is 0 Å². The number of nitrogens with one attached hydrogen (secondary N) is 1. The van der Waals surface area contributed by atoms with E-state index < -0.39 is 11.0 Å². The van der Waals surface area contributed by atoms with Gasteiger partial charge >= 0.3 is 0 Å². The van der Waals surface area contributed by atoms with Crippen LogP contribution in [0.2, 0.25) is 0 Å². The largest absolute Gasteiger partial charge is 0.324 e. The van der Waals surface area contributed by atoms with Crippen LogP contribution in [0.1, 0.15) is 20.3 Å². The molecule has 0 spiro atoms. The molecule has 0 heterocycles. The molecule has 0 saturated heterocycles. The third-order valence-corrected chi connectivity index (χ3v) is 3.14. The Labute approximate surface area is 119 Å². The molecule has 0 aliphatic rings. The number of nitrogens with two attached hydrogens (primary N) is 1. The maximum absolute atomic E-state index is 11.8. The van der Waals surface area contributed by atoms with Gasteiger partial charge in [0.25, 0.3) is 5.69 Å². The molecule has 0 fully saturated rings. The molecule has 1 rings (SSSR count). The van der Waals surface area contributed by atoms with E-state index in [9.17, 15) is 14.9 Å². The summed E-state index contributed by atoms with van der Waals surface area (Å²) in [5.74, 6) is -0.0367. The van der Waals surface area contributed by atoms with Crippen molar-refractivity contribution in [3.8, 4) is 0 Å². The first kappa shape index (κ1) is 15.6. The third kappa shape index (κ3) is 4.60. The Morgan fingerprint density at radius 2 is 2.16 bits per heavy atom. The van der Waals surface area contributed by atoms with Crippen LogP contribution in [0.15, 0.2) is 22.7 Å². The predicted molar refractivity (Wildman–Crippen MR) is 76.9 cm³/mol. The van der Waals surface area contributed by atoms with E-state index in [-0.39, 0.29) is 11.6 Å². The number of nitro benzene ring substituents is 1. The summed E-state index contributed by atoms with van der Waals surface area (Å²) in [4.78, 5) is 22.1. The molecule has 3 N–H and O–H groups in total. The topological polar surface area (TPSA) is 98.3 Å². The standard InChI is InChI=1S/C12H16BrN3O3/c1-7(2)5-10(14)12(17)15-8-3-4-9(13)11(6-8)16(18)19/h3-4,6-7,10H,5,14H2,1-2H3,(H,15,17)/t10-/m0/s1. The molecule has 1 aromatic rings. The first-order valence-electron chi connectivity index (χ1n) is 5.81. The Morgan fingerprint density at radius 1 is 1.53 bits per heavy atom. The van der Waals surface area contributed by atoms with Crippen LogP contribution in [0.4, 0.5) is 11.4 Å².